The van der Waals surface area contributed by atoms with E-state index < -0.39 is 0 Å². The molecule has 0 radical (unpaired) electrons. The molecule has 1 heterocycles. The van der Waals surface area contributed by atoms with Gasteiger partial charge in [-0.2, -0.15) is 0 Å². The zero-order valence-electron chi connectivity index (χ0n) is 6.58. The van der Waals surface area contributed by atoms with Crippen LogP contribution in [-0.4, -0.2) is 22.4 Å². The van der Waals surface area contributed by atoms with Gasteiger partial charge in [0.2, 0.25) is 0 Å². The fourth-order valence-corrected chi connectivity index (χ4v) is 0.815. The largest absolute Gasteiger partial charge is 0.364 e. The van der Waals surface area contributed by atoms with Gasteiger partial charge in [-0.25, -0.2) is 0 Å². The highest BCUT2D eigenvalue weighted by atomic mass is 79.9. The van der Waals surface area contributed by atoms with E-state index in [-0.39, 0.29) is 10.7 Å². The van der Waals surface area contributed by atoms with Gasteiger partial charge in [0.25, 0.3) is 5.91 Å². The van der Waals surface area contributed by atoms with Crippen LogP contribution in [0.4, 0.5) is 0 Å². The summed E-state index contributed by atoms with van der Waals surface area (Å²) in [5.41, 5.74) is 0.308. The number of amides is 1. The minimum absolute atomic E-state index is 0.213. The highest BCUT2D eigenvalue weighted by Gasteiger charge is 2.08. The van der Waals surface area contributed by atoms with Crippen molar-refractivity contribution >= 4 is 21.8 Å². The van der Waals surface area contributed by atoms with Crippen molar-refractivity contribution in [2.75, 3.05) is 6.54 Å². The predicted octanol–water partition coefficient (Wildman–Crippen LogP) is 1.19. The number of hydrogen-bond acceptors (Lipinski definition) is 3. The molecule has 1 amide bonds. The second-order valence-electron chi connectivity index (χ2n) is 2.38. The lowest BCUT2D eigenvalue weighted by Crippen LogP contribution is -2.28. The molecule has 1 aromatic heterocycles. The molecule has 4 nitrogen and oxygen atoms in total. The molecule has 0 aliphatic heterocycles. The maximum Gasteiger partial charge on any atom is 0.273 e. The number of carbonyl (C=O) groups is 1. The third kappa shape index (κ3) is 2.65. The summed E-state index contributed by atoms with van der Waals surface area (Å²) < 4.78 is 4.52. The van der Waals surface area contributed by atoms with Crippen LogP contribution in [0.25, 0.3) is 0 Å². The Bertz CT molecular complexity index is 246. The van der Waals surface area contributed by atoms with Gasteiger partial charge in [0.15, 0.2) is 5.69 Å². The second kappa shape index (κ2) is 4.25. The van der Waals surface area contributed by atoms with Gasteiger partial charge in [-0.1, -0.05) is 28.0 Å². The first-order valence-corrected chi connectivity index (χ1v) is 4.44. The van der Waals surface area contributed by atoms with Gasteiger partial charge in [-0.05, 0) is 0 Å². The van der Waals surface area contributed by atoms with E-state index >= 15 is 0 Å². The van der Waals surface area contributed by atoms with Crippen LogP contribution in [0.3, 0.4) is 0 Å². The summed E-state index contributed by atoms with van der Waals surface area (Å²) >= 11 is 3.31. The van der Waals surface area contributed by atoms with Crippen molar-refractivity contribution in [3.63, 3.8) is 0 Å². The molecule has 0 saturated carbocycles. The van der Waals surface area contributed by atoms with E-state index in [1.807, 2.05) is 6.92 Å². The lowest BCUT2D eigenvalue weighted by atomic mass is 10.4. The molecule has 1 N–H and O–H groups in total. The molecule has 0 spiro atoms. The van der Waals surface area contributed by atoms with E-state index in [0.717, 1.165) is 0 Å². The molecule has 0 bridgehead atoms. The molecule has 1 aromatic rings. The van der Waals surface area contributed by atoms with E-state index in [9.17, 15) is 4.79 Å². The molecule has 1 atom stereocenters. The first-order valence-electron chi connectivity index (χ1n) is 3.53. The van der Waals surface area contributed by atoms with E-state index in [0.29, 0.717) is 12.2 Å². The lowest BCUT2D eigenvalue weighted by molar-refractivity contribution is 0.0945. The summed E-state index contributed by atoms with van der Waals surface area (Å²) in [6, 6.07) is 1.52. The normalized spacial score (nSPS) is 12.5. The fraction of sp³-hybridized carbons (Fsp3) is 0.429. The Kier molecular flexibility index (Phi) is 3.28. The molecule has 0 saturated heterocycles. The molecule has 1 unspecified atom stereocenters. The summed E-state index contributed by atoms with van der Waals surface area (Å²) in [6.07, 6.45) is 1.37. The first kappa shape index (κ1) is 9.25. The average Bonchev–Trinajstić information content (AvgIpc) is 2.51. The van der Waals surface area contributed by atoms with E-state index in [1.54, 1.807) is 0 Å². The zero-order chi connectivity index (χ0) is 8.97. The van der Waals surface area contributed by atoms with Crippen LogP contribution < -0.4 is 5.32 Å². The van der Waals surface area contributed by atoms with Crippen LogP contribution >= 0.6 is 15.9 Å². The molecule has 1 rings (SSSR count). The van der Waals surface area contributed by atoms with E-state index in [2.05, 4.69) is 30.9 Å². The van der Waals surface area contributed by atoms with Gasteiger partial charge in [-0.15, -0.1) is 0 Å². The zero-order valence-corrected chi connectivity index (χ0v) is 8.17. The summed E-state index contributed by atoms with van der Waals surface area (Å²) in [6.45, 7) is 2.52. The predicted molar refractivity (Wildman–Crippen MR) is 47.2 cm³/mol. The maximum absolute atomic E-state index is 11.2. The average molecular weight is 233 g/mol. The van der Waals surface area contributed by atoms with E-state index in [1.165, 1.54) is 12.3 Å². The number of aromatic nitrogens is 1. The van der Waals surface area contributed by atoms with Crippen LogP contribution in [0.2, 0.25) is 0 Å². The van der Waals surface area contributed by atoms with Crippen molar-refractivity contribution < 1.29 is 9.32 Å². The minimum Gasteiger partial charge on any atom is -0.364 e. The number of rotatable bonds is 3. The van der Waals surface area contributed by atoms with Crippen LogP contribution in [0, 0.1) is 0 Å². The summed E-state index contributed by atoms with van der Waals surface area (Å²) in [7, 11) is 0. The lowest BCUT2D eigenvalue weighted by Gasteiger charge is -2.03. The molecule has 0 aromatic carbocycles. The Balaban J connectivity index is 2.40. The summed E-state index contributed by atoms with van der Waals surface area (Å²) in [4.78, 5) is 11.4. The Morgan fingerprint density at radius 1 is 1.92 bits per heavy atom. The number of nitrogens with one attached hydrogen (secondary N) is 1. The Labute approximate surface area is 78.4 Å². The summed E-state index contributed by atoms with van der Waals surface area (Å²) in [5.74, 6) is -0.213. The third-order valence-electron chi connectivity index (χ3n) is 1.21. The van der Waals surface area contributed by atoms with Gasteiger partial charge in [0.1, 0.15) is 6.26 Å². The van der Waals surface area contributed by atoms with Crippen molar-refractivity contribution in [2.24, 2.45) is 0 Å². The summed E-state index contributed by atoms with van der Waals surface area (Å²) in [5, 5.41) is 6.17. The highest BCUT2D eigenvalue weighted by molar-refractivity contribution is 9.09. The molecule has 66 valence electrons. The van der Waals surface area contributed by atoms with Crippen molar-refractivity contribution in [1.29, 1.82) is 0 Å². The van der Waals surface area contributed by atoms with Crippen LogP contribution in [0.15, 0.2) is 16.9 Å². The maximum atomic E-state index is 11.2. The van der Waals surface area contributed by atoms with E-state index in [4.69, 9.17) is 0 Å². The monoisotopic (exact) mass is 232 g/mol. The van der Waals surface area contributed by atoms with Crippen molar-refractivity contribution in [2.45, 2.75) is 11.8 Å². The number of alkyl halides is 1. The third-order valence-corrected chi connectivity index (χ3v) is 1.54. The molecule has 0 fully saturated rings. The van der Waals surface area contributed by atoms with Gasteiger partial charge in [-0.3, -0.25) is 4.79 Å². The second-order valence-corrected chi connectivity index (χ2v) is 3.94. The van der Waals surface area contributed by atoms with Gasteiger partial charge in [0, 0.05) is 17.4 Å². The smallest absolute Gasteiger partial charge is 0.273 e. The van der Waals surface area contributed by atoms with Crippen LogP contribution in [-0.2, 0) is 0 Å². The van der Waals surface area contributed by atoms with Gasteiger partial charge in [0.05, 0.1) is 0 Å². The molecule has 5 heteroatoms. The number of halogens is 1. The molecular formula is C7H9BrN2O2. The van der Waals surface area contributed by atoms with Crippen molar-refractivity contribution in [3.8, 4) is 0 Å². The standard InChI is InChI=1S/C7H9BrN2O2/c1-5(8)4-9-7(11)6-2-3-12-10-6/h2-3,5H,4H2,1H3,(H,9,11). The first-order chi connectivity index (χ1) is 5.70. The van der Waals surface area contributed by atoms with Crippen LogP contribution in [0.5, 0.6) is 0 Å². The molecule has 12 heavy (non-hydrogen) atoms. The minimum atomic E-state index is -0.213. The Morgan fingerprint density at radius 3 is 3.17 bits per heavy atom. The SMILES string of the molecule is CC(Br)CNC(=O)c1ccon1. The van der Waals surface area contributed by atoms with Crippen LogP contribution in [0.1, 0.15) is 17.4 Å². The fourth-order valence-electron chi connectivity index (χ4n) is 0.654. The highest BCUT2D eigenvalue weighted by Crippen LogP contribution is 1.97. The van der Waals surface area contributed by atoms with Gasteiger partial charge >= 0.3 is 0 Å². The number of nitrogens with zero attached hydrogens (tertiary/aromatic N) is 1. The molecule has 0 aliphatic carbocycles. The Hall–Kier alpha value is -0.840. The van der Waals surface area contributed by atoms with Crippen molar-refractivity contribution in [1.82, 2.24) is 10.5 Å². The molecule has 0 aliphatic rings. The van der Waals surface area contributed by atoms with Crippen molar-refractivity contribution in [3.05, 3.63) is 18.0 Å². The molecular weight excluding hydrogens is 224 g/mol. The topological polar surface area (TPSA) is 55.1 Å². The quantitative estimate of drug-likeness (QED) is 0.797. The van der Waals surface area contributed by atoms with Gasteiger partial charge < -0.3 is 9.84 Å². The Morgan fingerprint density at radius 2 is 2.67 bits per heavy atom. The number of carbonyl (C=O) groups excluding carboxylic acids is 1. The number of hydrogen-bond donors (Lipinski definition) is 1.